The maximum absolute atomic E-state index is 13.3. The van der Waals surface area contributed by atoms with Crippen molar-refractivity contribution >= 4 is 5.97 Å². The molecule has 9 heteroatoms. The fourth-order valence-corrected chi connectivity index (χ4v) is 4.40. The van der Waals surface area contributed by atoms with Gasteiger partial charge in [-0.1, -0.05) is 38.1 Å². The van der Waals surface area contributed by atoms with Crippen molar-refractivity contribution < 1.29 is 36.2 Å². The van der Waals surface area contributed by atoms with Gasteiger partial charge < -0.3 is 5.11 Å². The molecule has 2 aromatic carbocycles. The summed E-state index contributed by atoms with van der Waals surface area (Å²) in [5, 5.41) is 12.5. The van der Waals surface area contributed by atoms with E-state index in [4.69, 9.17) is 0 Å². The molecule has 1 saturated heterocycles. The zero-order valence-electron chi connectivity index (χ0n) is 18.8. The number of rotatable bonds is 6. The van der Waals surface area contributed by atoms with Crippen LogP contribution in [0.3, 0.4) is 0 Å². The van der Waals surface area contributed by atoms with Crippen LogP contribution in [0.5, 0.6) is 0 Å². The lowest BCUT2D eigenvalue weighted by Gasteiger charge is -2.33. The molecule has 0 bridgehead atoms. The van der Waals surface area contributed by atoms with Gasteiger partial charge in [0.05, 0.1) is 11.5 Å². The van der Waals surface area contributed by atoms with Crippen LogP contribution in [-0.4, -0.2) is 23.3 Å². The molecule has 2 N–H and O–H groups in total. The fraction of sp³-hybridized carbons (Fsp3) is 0.480. The zero-order chi connectivity index (χ0) is 25.3. The molecule has 1 heterocycles. The average Bonchev–Trinajstić information content (AvgIpc) is 2.76. The lowest BCUT2D eigenvalue weighted by atomic mass is 9.84. The van der Waals surface area contributed by atoms with Crippen LogP contribution in [0.2, 0.25) is 0 Å². The van der Waals surface area contributed by atoms with E-state index in [1.165, 1.54) is 12.1 Å². The molecule has 0 saturated carbocycles. The van der Waals surface area contributed by atoms with E-state index in [0.29, 0.717) is 41.5 Å². The van der Waals surface area contributed by atoms with Crippen molar-refractivity contribution in [2.45, 2.75) is 69.9 Å². The lowest BCUT2D eigenvalue weighted by Crippen LogP contribution is -2.46. The number of hydrogen-bond donors (Lipinski definition) is 2. The third-order valence-corrected chi connectivity index (χ3v) is 6.12. The van der Waals surface area contributed by atoms with Gasteiger partial charge in [0.1, 0.15) is 6.04 Å². The van der Waals surface area contributed by atoms with Crippen molar-refractivity contribution in [3.63, 3.8) is 0 Å². The molecule has 3 rings (SSSR count). The Hall–Kier alpha value is -2.55. The summed E-state index contributed by atoms with van der Waals surface area (Å²) in [6.45, 7) is 3.74. The Morgan fingerprint density at radius 3 is 2.18 bits per heavy atom. The molecule has 186 valence electrons. The van der Waals surface area contributed by atoms with Crippen molar-refractivity contribution in [1.82, 2.24) is 5.32 Å². The number of carboxylic acid groups (broad SMARTS) is 1. The lowest BCUT2D eigenvalue weighted by molar-refractivity contribution is -0.163. The van der Waals surface area contributed by atoms with Gasteiger partial charge in [-0.3, -0.25) is 10.1 Å². The molecule has 0 unspecified atom stereocenters. The minimum absolute atomic E-state index is 0.0432. The van der Waals surface area contributed by atoms with Gasteiger partial charge in [0, 0.05) is 6.04 Å². The van der Waals surface area contributed by atoms with Crippen LogP contribution in [0.1, 0.15) is 68.2 Å². The monoisotopic (exact) mass is 487 g/mol. The quantitative estimate of drug-likeness (QED) is 0.420. The standard InChI is InChI=1S/C25H27F6NO2/c1-14(2)10-20(23(33)34)17-11-16(15-6-8-19(9-7-15)24(26,27)28)12-18(13-17)21-4-3-5-22(32-21)25(29,30)31/h6-9,11-14,20-22,32H,3-5,10H2,1-2H3,(H,33,34)/t20-,21+,22-/m0/s1. The third kappa shape index (κ3) is 6.31. The average molecular weight is 487 g/mol. The molecule has 0 amide bonds. The van der Waals surface area contributed by atoms with Crippen LogP contribution in [0, 0.1) is 5.92 Å². The van der Waals surface area contributed by atoms with E-state index in [1.807, 2.05) is 13.8 Å². The van der Waals surface area contributed by atoms with Crippen LogP contribution in [0.25, 0.3) is 11.1 Å². The number of halogens is 6. The highest BCUT2D eigenvalue weighted by molar-refractivity contribution is 5.77. The first-order valence-electron chi connectivity index (χ1n) is 11.1. The number of benzene rings is 2. The Balaban J connectivity index is 2.07. The molecule has 1 fully saturated rings. The van der Waals surface area contributed by atoms with Crippen molar-refractivity contribution in [2.75, 3.05) is 0 Å². The Labute approximate surface area is 194 Å². The van der Waals surface area contributed by atoms with Crippen LogP contribution in [-0.2, 0) is 11.0 Å². The molecule has 0 radical (unpaired) electrons. The molecule has 0 aliphatic carbocycles. The first kappa shape index (κ1) is 26.1. The molecule has 1 aliphatic rings. The number of carbonyl (C=O) groups is 1. The summed E-state index contributed by atoms with van der Waals surface area (Å²) >= 11 is 0. The van der Waals surface area contributed by atoms with E-state index in [2.05, 4.69) is 5.32 Å². The minimum atomic E-state index is -4.50. The molecule has 0 aromatic heterocycles. The van der Waals surface area contributed by atoms with E-state index < -0.39 is 41.9 Å². The van der Waals surface area contributed by atoms with Gasteiger partial charge in [-0.15, -0.1) is 0 Å². The first-order valence-corrected chi connectivity index (χ1v) is 11.1. The van der Waals surface area contributed by atoms with Crippen molar-refractivity contribution in [3.8, 4) is 11.1 Å². The highest BCUT2D eigenvalue weighted by Crippen LogP contribution is 2.38. The van der Waals surface area contributed by atoms with Crippen LogP contribution < -0.4 is 5.32 Å². The van der Waals surface area contributed by atoms with Crippen LogP contribution >= 0.6 is 0 Å². The highest BCUT2D eigenvalue weighted by Gasteiger charge is 2.42. The molecule has 34 heavy (non-hydrogen) atoms. The van der Waals surface area contributed by atoms with Gasteiger partial charge >= 0.3 is 18.3 Å². The van der Waals surface area contributed by atoms with Gasteiger partial charge in [-0.05, 0) is 72.1 Å². The van der Waals surface area contributed by atoms with Crippen molar-refractivity contribution in [3.05, 3.63) is 59.2 Å². The molecule has 1 aliphatic heterocycles. The maximum Gasteiger partial charge on any atom is 0.416 e. The van der Waals surface area contributed by atoms with Crippen molar-refractivity contribution in [1.29, 1.82) is 0 Å². The zero-order valence-corrected chi connectivity index (χ0v) is 18.8. The number of nitrogens with one attached hydrogen (secondary N) is 1. The van der Waals surface area contributed by atoms with Gasteiger partial charge in [0.2, 0.25) is 0 Å². The number of piperidine rings is 1. The van der Waals surface area contributed by atoms with Gasteiger partial charge in [-0.2, -0.15) is 26.3 Å². The van der Waals surface area contributed by atoms with E-state index in [0.717, 1.165) is 12.1 Å². The normalized spacial score (nSPS) is 20.4. The van der Waals surface area contributed by atoms with Gasteiger partial charge in [0.15, 0.2) is 0 Å². The molecular formula is C25H27F6NO2. The summed E-state index contributed by atoms with van der Waals surface area (Å²) in [7, 11) is 0. The second-order valence-electron chi connectivity index (χ2n) is 9.23. The predicted octanol–water partition coefficient (Wildman–Crippen LogP) is 7.33. The molecular weight excluding hydrogens is 460 g/mol. The summed E-state index contributed by atoms with van der Waals surface area (Å²) in [4.78, 5) is 12.0. The number of carboxylic acids is 1. The highest BCUT2D eigenvalue weighted by atomic mass is 19.4. The smallest absolute Gasteiger partial charge is 0.416 e. The summed E-state index contributed by atoms with van der Waals surface area (Å²) in [5.41, 5.74) is 0.985. The van der Waals surface area contributed by atoms with E-state index in [-0.39, 0.29) is 12.3 Å². The molecule has 3 atom stereocenters. The topological polar surface area (TPSA) is 49.3 Å². The summed E-state index contributed by atoms with van der Waals surface area (Å²) in [6.07, 6.45) is -7.87. The number of hydrogen-bond acceptors (Lipinski definition) is 2. The summed E-state index contributed by atoms with van der Waals surface area (Å²) in [6, 6.07) is 6.98. The second kappa shape index (κ2) is 9.98. The van der Waals surface area contributed by atoms with Crippen LogP contribution in [0.15, 0.2) is 42.5 Å². The first-order chi connectivity index (χ1) is 15.8. The number of alkyl halides is 6. The molecule has 3 nitrogen and oxygen atoms in total. The predicted molar refractivity (Wildman–Crippen MR) is 116 cm³/mol. The van der Waals surface area contributed by atoms with E-state index in [9.17, 15) is 36.2 Å². The Bertz CT molecular complexity index is 998. The summed E-state index contributed by atoms with van der Waals surface area (Å²) < 4.78 is 78.9. The fourth-order valence-electron chi connectivity index (χ4n) is 4.40. The van der Waals surface area contributed by atoms with Gasteiger partial charge in [0.25, 0.3) is 0 Å². The van der Waals surface area contributed by atoms with Crippen molar-refractivity contribution in [2.24, 2.45) is 5.92 Å². The second-order valence-corrected chi connectivity index (χ2v) is 9.23. The van der Waals surface area contributed by atoms with Gasteiger partial charge in [-0.25, -0.2) is 0 Å². The Morgan fingerprint density at radius 1 is 1.00 bits per heavy atom. The Kier molecular flexibility index (Phi) is 7.65. The summed E-state index contributed by atoms with van der Waals surface area (Å²) in [5.74, 6) is -1.91. The maximum atomic E-state index is 13.3. The van der Waals surface area contributed by atoms with E-state index >= 15 is 0 Å². The van der Waals surface area contributed by atoms with Crippen LogP contribution in [0.4, 0.5) is 26.3 Å². The van der Waals surface area contributed by atoms with E-state index in [1.54, 1.807) is 18.2 Å². The number of aliphatic carboxylic acids is 1. The largest absolute Gasteiger partial charge is 0.481 e. The minimum Gasteiger partial charge on any atom is -0.481 e. The SMILES string of the molecule is CC(C)C[C@H](C(=O)O)c1cc(-c2ccc(C(F)(F)F)cc2)cc([C@H]2CCC[C@@H](C(F)(F)F)N2)c1. The Morgan fingerprint density at radius 2 is 1.65 bits per heavy atom. The molecule has 2 aromatic rings. The molecule has 0 spiro atoms. The third-order valence-electron chi connectivity index (χ3n) is 6.12.